The van der Waals surface area contributed by atoms with Gasteiger partial charge in [0.25, 0.3) is 0 Å². The van der Waals surface area contributed by atoms with Gasteiger partial charge in [-0.25, -0.2) is 4.79 Å². The summed E-state index contributed by atoms with van der Waals surface area (Å²) in [6, 6.07) is 13.6. The van der Waals surface area contributed by atoms with Crippen molar-refractivity contribution in [2.45, 2.75) is 96.9 Å². The first-order chi connectivity index (χ1) is 19.0. The molecule has 2 atom stereocenters. The first-order valence-corrected chi connectivity index (χ1v) is 14.3. The minimum absolute atomic E-state index is 0.0783. The summed E-state index contributed by atoms with van der Waals surface area (Å²) < 4.78 is 5.50. The molecule has 1 fully saturated rings. The van der Waals surface area contributed by atoms with Crippen LogP contribution in [0.1, 0.15) is 81.2 Å². The maximum absolute atomic E-state index is 14.4. The van der Waals surface area contributed by atoms with Crippen LogP contribution < -0.4 is 10.6 Å². The van der Waals surface area contributed by atoms with E-state index in [1.165, 1.54) is 11.3 Å². The molecule has 2 N–H and O–H groups in total. The standard InChI is InChI=1S/C33H45N3O4/c1-7-21-36(31(38)28(22-25-16-10-8-11-17-25)35-32(39)40-33(4,5)6)29(27-20-14-15-23(2)24(27)3)30(37)34-26-18-12-9-13-19-26/h7-8,10-11,14-17,20,26,28-29H,1,9,12-13,18-19,21-22H2,2-6H3,(H,34,37)(H,35,39). The number of nitrogens with one attached hydrogen (secondary N) is 2. The van der Waals surface area contributed by atoms with Crippen molar-refractivity contribution in [2.24, 2.45) is 0 Å². The molecule has 40 heavy (non-hydrogen) atoms. The Morgan fingerprint density at radius 1 is 1.02 bits per heavy atom. The average Bonchev–Trinajstić information content (AvgIpc) is 2.90. The average molecular weight is 548 g/mol. The Hall–Kier alpha value is -3.61. The van der Waals surface area contributed by atoms with E-state index in [9.17, 15) is 14.4 Å². The van der Waals surface area contributed by atoms with Crippen LogP contribution in [0, 0.1) is 13.8 Å². The van der Waals surface area contributed by atoms with Crippen LogP contribution in [-0.2, 0) is 20.7 Å². The lowest BCUT2D eigenvalue weighted by molar-refractivity contribution is -0.142. The normalized spacial score (nSPS) is 15.4. The number of benzene rings is 2. The third kappa shape index (κ3) is 8.70. The van der Waals surface area contributed by atoms with Gasteiger partial charge in [-0.2, -0.15) is 0 Å². The molecule has 2 unspecified atom stereocenters. The lowest BCUT2D eigenvalue weighted by Gasteiger charge is -2.36. The third-order valence-electron chi connectivity index (χ3n) is 7.33. The van der Waals surface area contributed by atoms with Crippen molar-refractivity contribution >= 4 is 17.9 Å². The summed E-state index contributed by atoms with van der Waals surface area (Å²) in [6.45, 7) is 13.3. The molecule has 0 bridgehead atoms. The smallest absolute Gasteiger partial charge is 0.408 e. The first-order valence-electron chi connectivity index (χ1n) is 14.3. The predicted molar refractivity (Wildman–Crippen MR) is 159 cm³/mol. The van der Waals surface area contributed by atoms with Crippen molar-refractivity contribution in [2.75, 3.05) is 6.54 Å². The second-order valence-corrected chi connectivity index (χ2v) is 11.7. The summed E-state index contributed by atoms with van der Waals surface area (Å²) in [5, 5.41) is 6.03. The van der Waals surface area contributed by atoms with Crippen molar-refractivity contribution in [3.63, 3.8) is 0 Å². The quantitative estimate of drug-likeness (QED) is 0.360. The molecule has 3 amide bonds. The summed E-state index contributed by atoms with van der Waals surface area (Å²) >= 11 is 0. The molecule has 2 aromatic rings. The SMILES string of the molecule is C=CCN(C(=O)C(Cc1ccccc1)NC(=O)OC(C)(C)C)C(C(=O)NC1CCCCC1)c1cccc(C)c1C. The van der Waals surface area contributed by atoms with Gasteiger partial charge in [0, 0.05) is 19.0 Å². The Labute approximate surface area is 239 Å². The van der Waals surface area contributed by atoms with Gasteiger partial charge in [-0.1, -0.05) is 73.9 Å². The summed E-state index contributed by atoms with van der Waals surface area (Å²) in [7, 11) is 0. The van der Waals surface area contributed by atoms with Gasteiger partial charge in [0.05, 0.1) is 0 Å². The van der Waals surface area contributed by atoms with Crippen LogP contribution in [0.15, 0.2) is 61.2 Å². The molecule has 2 aromatic carbocycles. The minimum atomic E-state index is -0.952. The monoisotopic (exact) mass is 547 g/mol. The van der Waals surface area contributed by atoms with Gasteiger partial charge < -0.3 is 20.3 Å². The van der Waals surface area contributed by atoms with E-state index in [0.717, 1.165) is 47.9 Å². The van der Waals surface area contributed by atoms with Crippen LogP contribution in [0.3, 0.4) is 0 Å². The van der Waals surface area contributed by atoms with Gasteiger partial charge in [0.15, 0.2) is 0 Å². The molecule has 7 nitrogen and oxygen atoms in total. The molecule has 0 heterocycles. The molecule has 7 heteroatoms. The van der Waals surface area contributed by atoms with Gasteiger partial charge >= 0.3 is 6.09 Å². The number of rotatable bonds is 10. The molecular weight excluding hydrogens is 502 g/mol. The third-order valence-corrected chi connectivity index (χ3v) is 7.33. The largest absolute Gasteiger partial charge is 0.444 e. The number of hydrogen-bond acceptors (Lipinski definition) is 4. The lowest BCUT2D eigenvalue weighted by atomic mass is 9.92. The molecule has 0 spiro atoms. The van der Waals surface area contributed by atoms with E-state index < -0.39 is 23.8 Å². The van der Waals surface area contributed by atoms with Crippen LogP contribution in [0.25, 0.3) is 0 Å². The molecular formula is C33H45N3O4. The lowest BCUT2D eigenvalue weighted by Crippen LogP contribution is -2.54. The number of nitrogens with zero attached hydrogens (tertiary/aromatic N) is 1. The van der Waals surface area contributed by atoms with Crippen LogP contribution in [0.4, 0.5) is 4.79 Å². The fourth-order valence-electron chi connectivity index (χ4n) is 5.21. The Kier molecular flexibility index (Phi) is 10.9. The van der Waals surface area contributed by atoms with E-state index >= 15 is 0 Å². The van der Waals surface area contributed by atoms with E-state index in [2.05, 4.69) is 17.2 Å². The molecule has 1 aliphatic rings. The molecule has 216 valence electrons. The number of ether oxygens (including phenoxy) is 1. The Morgan fingerprint density at radius 2 is 1.70 bits per heavy atom. The Balaban J connectivity index is 2.02. The maximum Gasteiger partial charge on any atom is 0.408 e. The molecule has 0 saturated heterocycles. The molecule has 0 radical (unpaired) electrons. The molecule has 0 aromatic heterocycles. The fraction of sp³-hybridized carbons (Fsp3) is 0.485. The fourth-order valence-corrected chi connectivity index (χ4v) is 5.21. The second kappa shape index (κ2) is 14.1. The predicted octanol–water partition coefficient (Wildman–Crippen LogP) is 5.94. The van der Waals surface area contributed by atoms with Crippen LogP contribution in [0.5, 0.6) is 0 Å². The molecule has 3 rings (SSSR count). The van der Waals surface area contributed by atoms with E-state index in [4.69, 9.17) is 4.74 Å². The van der Waals surface area contributed by atoms with Crippen LogP contribution in [-0.4, -0.2) is 47.0 Å². The van der Waals surface area contributed by atoms with Gasteiger partial charge in [0.1, 0.15) is 17.7 Å². The molecule has 0 aliphatic heterocycles. The van der Waals surface area contributed by atoms with Crippen LogP contribution >= 0.6 is 0 Å². The summed E-state index contributed by atoms with van der Waals surface area (Å²) in [5.41, 5.74) is 2.90. The van der Waals surface area contributed by atoms with E-state index in [1.807, 2.05) is 62.4 Å². The highest BCUT2D eigenvalue weighted by atomic mass is 16.6. The topological polar surface area (TPSA) is 87.7 Å². The second-order valence-electron chi connectivity index (χ2n) is 11.7. The number of alkyl carbamates (subject to hydrolysis) is 1. The molecule has 1 aliphatic carbocycles. The number of carbonyl (C=O) groups excluding carboxylic acids is 3. The first kappa shape index (κ1) is 30.9. The van der Waals surface area contributed by atoms with E-state index in [0.29, 0.717) is 0 Å². The van der Waals surface area contributed by atoms with Crippen molar-refractivity contribution in [3.8, 4) is 0 Å². The zero-order chi connectivity index (χ0) is 29.3. The van der Waals surface area contributed by atoms with Crippen LogP contribution in [0.2, 0.25) is 0 Å². The van der Waals surface area contributed by atoms with E-state index in [-0.39, 0.29) is 30.8 Å². The van der Waals surface area contributed by atoms with E-state index in [1.54, 1.807) is 26.8 Å². The summed E-state index contributed by atoms with van der Waals surface area (Å²) in [4.78, 5) is 42.8. The van der Waals surface area contributed by atoms with Crippen molar-refractivity contribution in [1.82, 2.24) is 15.5 Å². The van der Waals surface area contributed by atoms with Gasteiger partial charge in [0.2, 0.25) is 11.8 Å². The number of hydrogen-bond donors (Lipinski definition) is 2. The highest BCUT2D eigenvalue weighted by molar-refractivity contribution is 5.92. The zero-order valence-corrected chi connectivity index (χ0v) is 24.7. The maximum atomic E-state index is 14.4. The van der Waals surface area contributed by atoms with Gasteiger partial charge in [-0.05, 0) is 69.7 Å². The summed E-state index contributed by atoms with van der Waals surface area (Å²) in [6.07, 6.45) is 6.37. The summed E-state index contributed by atoms with van der Waals surface area (Å²) in [5.74, 6) is -0.592. The van der Waals surface area contributed by atoms with Gasteiger partial charge in [-0.15, -0.1) is 6.58 Å². The Bertz CT molecular complexity index is 1170. The zero-order valence-electron chi connectivity index (χ0n) is 24.7. The minimum Gasteiger partial charge on any atom is -0.444 e. The Morgan fingerprint density at radius 3 is 2.33 bits per heavy atom. The number of aryl methyl sites for hydroxylation is 1. The highest BCUT2D eigenvalue weighted by Gasteiger charge is 2.37. The number of carbonyl (C=O) groups is 3. The molecule has 1 saturated carbocycles. The van der Waals surface area contributed by atoms with Crippen molar-refractivity contribution in [1.29, 1.82) is 0 Å². The van der Waals surface area contributed by atoms with Gasteiger partial charge in [-0.3, -0.25) is 9.59 Å². The van der Waals surface area contributed by atoms with Crippen molar-refractivity contribution in [3.05, 3.63) is 83.4 Å². The number of amides is 3. The van der Waals surface area contributed by atoms with Crippen molar-refractivity contribution < 1.29 is 19.1 Å². The highest BCUT2D eigenvalue weighted by Crippen LogP contribution is 2.29.